The van der Waals surface area contributed by atoms with Crippen LogP contribution in [-0.2, 0) is 5.41 Å². The zero-order valence-corrected chi connectivity index (χ0v) is 30.5. The lowest BCUT2D eigenvalue weighted by Crippen LogP contribution is -2.34. The Kier molecular flexibility index (Phi) is 7.39. The number of ether oxygens (including phenoxy) is 1. The van der Waals surface area contributed by atoms with Crippen LogP contribution < -0.4 is 9.64 Å². The quantitative estimate of drug-likeness (QED) is 0.171. The van der Waals surface area contributed by atoms with Gasteiger partial charge in [-0.3, -0.25) is 0 Å². The number of furan rings is 1. The second kappa shape index (κ2) is 12.9. The minimum absolute atomic E-state index is 0.664. The van der Waals surface area contributed by atoms with Crippen molar-refractivity contribution < 1.29 is 9.15 Å². The molecule has 11 rings (SSSR count). The molecule has 9 aromatic carbocycles. The van der Waals surface area contributed by atoms with Gasteiger partial charge in [0.25, 0.3) is 0 Å². The van der Waals surface area contributed by atoms with Crippen molar-refractivity contribution in [3.8, 4) is 22.6 Å². The van der Waals surface area contributed by atoms with Crippen LogP contribution in [0, 0.1) is 0 Å². The summed E-state index contributed by atoms with van der Waals surface area (Å²) in [6.45, 7) is 0. The minimum atomic E-state index is -0.664. The molecule has 0 amide bonds. The van der Waals surface area contributed by atoms with Gasteiger partial charge in [0.15, 0.2) is 5.75 Å². The highest BCUT2D eigenvalue weighted by Gasteiger charge is 2.46. The average molecular weight is 718 g/mol. The topological polar surface area (TPSA) is 25.6 Å². The molecule has 264 valence electrons. The van der Waals surface area contributed by atoms with Crippen molar-refractivity contribution in [1.82, 2.24) is 0 Å². The van der Waals surface area contributed by atoms with E-state index >= 15 is 0 Å². The van der Waals surface area contributed by atoms with Gasteiger partial charge in [-0.25, -0.2) is 0 Å². The molecule has 0 radical (unpaired) electrons. The molecular weight excluding hydrogens is 683 g/mol. The summed E-state index contributed by atoms with van der Waals surface area (Å²) in [5.74, 6) is 1.67. The first-order valence-electron chi connectivity index (χ1n) is 19.1. The normalized spacial score (nSPS) is 12.9. The van der Waals surface area contributed by atoms with Gasteiger partial charge in [0, 0.05) is 38.8 Å². The molecule has 10 aromatic rings. The first-order valence-corrected chi connectivity index (χ1v) is 19.1. The van der Waals surface area contributed by atoms with Gasteiger partial charge in [0.05, 0.1) is 11.1 Å². The zero-order valence-electron chi connectivity index (χ0n) is 30.5. The van der Waals surface area contributed by atoms with E-state index in [9.17, 15) is 0 Å². The number of benzene rings is 9. The maximum Gasteiger partial charge on any atom is 0.156 e. The standard InChI is InChI=1S/C53H35NO2/c1-4-18-39(19-5-1)53(40-20-6-2-7-21-40)46-27-15-28-48(52(46)56-50-35-38-17-11-10-16-37(38)34-47(50)53)54(41-22-8-3-9-23-41)42-32-30-36(31-33-42)43-25-14-26-45-44-24-12-13-29-49(44)55-51(43)45/h1-35H. The van der Waals surface area contributed by atoms with Gasteiger partial charge in [-0.15, -0.1) is 0 Å². The Morgan fingerprint density at radius 1 is 0.429 bits per heavy atom. The van der Waals surface area contributed by atoms with E-state index in [4.69, 9.17) is 9.15 Å². The Bertz CT molecular complexity index is 3000. The molecule has 1 aliphatic heterocycles. The van der Waals surface area contributed by atoms with Crippen LogP contribution in [0.25, 0.3) is 43.8 Å². The van der Waals surface area contributed by atoms with E-state index in [0.717, 1.165) is 78.1 Å². The largest absolute Gasteiger partial charge is 0.455 e. The van der Waals surface area contributed by atoms with E-state index in [1.54, 1.807) is 0 Å². The van der Waals surface area contributed by atoms with Crippen molar-refractivity contribution in [3.05, 3.63) is 235 Å². The molecule has 0 N–H and O–H groups in total. The van der Waals surface area contributed by atoms with Gasteiger partial charge in [-0.05, 0) is 76.0 Å². The van der Waals surface area contributed by atoms with Crippen molar-refractivity contribution in [3.63, 3.8) is 0 Å². The van der Waals surface area contributed by atoms with E-state index in [-0.39, 0.29) is 0 Å². The first kappa shape index (κ1) is 32.1. The lowest BCUT2D eigenvalue weighted by atomic mass is 9.63. The van der Waals surface area contributed by atoms with Gasteiger partial charge in [0.1, 0.15) is 16.9 Å². The van der Waals surface area contributed by atoms with Gasteiger partial charge in [-0.1, -0.05) is 164 Å². The molecule has 0 atom stereocenters. The maximum atomic E-state index is 7.25. The minimum Gasteiger partial charge on any atom is -0.455 e. The second-order valence-electron chi connectivity index (χ2n) is 14.4. The monoisotopic (exact) mass is 717 g/mol. The molecular formula is C53H35NO2. The van der Waals surface area contributed by atoms with Crippen molar-refractivity contribution in [2.75, 3.05) is 4.90 Å². The Balaban J connectivity index is 1.14. The fourth-order valence-corrected chi connectivity index (χ4v) is 8.89. The molecule has 0 unspecified atom stereocenters. The summed E-state index contributed by atoms with van der Waals surface area (Å²) in [7, 11) is 0. The van der Waals surface area contributed by atoms with Crippen molar-refractivity contribution in [2.24, 2.45) is 0 Å². The summed E-state index contributed by atoms with van der Waals surface area (Å²) in [4.78, 5) is 2.32. The van der Waals surface area contributed by atoms with E-state index < -0.39 is 5.41 Å². The Labute approximate surface area is 325 Å². The smallest absolute Gasteiger partial charge is 0.156 e. The fraction of sp³-hybridized carbons (Fsp3) is 0.0189. The molecule has 0 saturated carbocycles. The third kappa shape index (κ3) is 4.91. The highest BCUT2D eigenvalue weighted by atomic mass is 16.5. The number of fused-ring (bicyclic) bond motifs is 6. The molecule has 56 heavy (non-hydrogen) atoms. The zero-order chi connectivity index (χ0) is 37.1. The molecule has 0 fully saturated rings. The third-order valence-corrected chi connectivity index (χ3v) is 11.4. The molecule has 1 aliphatic rings. The van der Waals surface area contributed by atoms with Crippen LogP contribution in [0.2, 0.25) is 0 Å². The van der Waals surface area contributed by atoms with Gasteiger partial charge >= 0.3 is 0 Å². The summed E-state index contributed by atoms with van der Waals surface area (Å²) >= 11 is 0. The SMILES string of the molecule is c1ccc(N(c2ccc(-c3cccc4c3oc3ccccc34)cc2)c2cccc3c2Oc2cc4ccccc4cc2C3(c2ccccc2)c2ccccc2)cc1. The third-order valence-electron chi connectivity index (χ3n) is 11.4. The Hall–Kier alpha value is -7.36. The van der Waals surface area contributed by atoms with Crippen molar-refractivity contribution in [1.29, 1.82) is 0 Å². The molecule has 1 aromatic heterocycles. The Morgan fingerprint density at radius 3 is 1.75 bits per heavy atom. The van der Waals surface area contributed by atoms with Gasteiger partial charge < -0.3 is 14.1 Å². The van der Waals surface area contributed by atoms with Crippen LogP contribution in [0.1, 0.15) is 22.3 Å². The molecule has 3 heteroatoms. The Morgan fingerprint density at radius 2 is 1.02 bits per heavy atom. The predicted octanol–water partition coefficient (Wildman–Crippen LogP) is 14.4. The summed E-state index contributed by atoms with van der Waals surface area (Å²) < 4.78 is 13.7. The number of hydrogen-bond acceptors (Lipinski definition) is 3. The van der Waals surface area contributed by atoms with Crippen molar-refractivity contribution in [2.45, 2.75) is 5.41 Å². The molecule has 0 bridgehead atoms. The number of para-hydroxylation sites is 4. The van der Waals surface area contributed by atoms with Crippen LogP contribution in [0.15, 0.2) is 217 Å². The lowest BCUT2D eigenvalue weighted by molar-refractivity contribution is 0.436. The summed E-state index contributed by atoms with van der Waals surface area (Å²) in [6.07, 6.45) is 0. The highest BCUT2D eigenvalue weighted by Crippen LogP contribution is 2.59. The number of hydrogen-bond donors (Lipinski definition) is 0. The fourth-order valence-electron chi connectivity index (χ4n) is 8.89. The summed E-state index contributed by atoms with van der Waals surface area (Å²) in [5, 5.41) is 4.56. The molecule has 0 aliphatic carbocycles. The van der Waals surface area contributed by atoms with E-state index in [2.05, 4.69) is 205 Å². The number of anilines is 3. The van der Waals surface area contributed by atoms with Gasteiger partial charge in [0.2, 0.25) is 0 Å². The van der Waals surface area contributed by atoms with Crippen LogP contribution in [0.5, 0.6) is 11.5 Å². The second-order valence-corrected chi connectivity index (χ2v) is 14.4. The number of nitrogens with zero attached hydrogens (tertiary/aromatic N) is 1. The maximum absolute atomic E-state index is 7.25. The van der Waals surface area contributed by atoms with E-state index in [1.165, 1.54) is 16.5 Å². The molecule has 2 heterocycles. The average Bonchev–Trinajstić information content (AvgIpc) is 3.66. The molecule has 3 nitrogen and oxygen atoms in total. The lowest BCUT2D eigenvalue weighted by Gasteiger charge is -2.43. The predicted molar refractivity (Wildman–Crippen MR) is 230 cm³/mol. The van der Waals surface area contributed by atoms with Crippen molar-refractivity contribution >= 4 is 49.8 Å². The van der Waals surface area contributed by atoms with Crippen LogP contribution in [-0.4, -0.2) is 0 Å². The van der Waals surface area contributed by atoms with E-state index in [0.29, 0.717) is 0 Å². The van der Waals surface area contributed by atoms with Gasteiger partial charge in [-0.2, -0.15) is 0 Å². The van der Waals surface area contributed by atoms with E-state index in [1.807, 2.05) is 12.1 Å². The summed E-state index contributed by atoms with van der Waals surface area (Å²) in [5.41, 5.74) is 10.9. The summed E-state index contributed by atoms with van der Waals surface area (Å²) in [6, 6.07) is 75.5. The highest BCUT2D eigenvalue weighted by molar-refractivity contribution is 6.09. The number of rotatable bonds is 6. The van der Waals surface area contributed by atoms with Crippen LogP contribution in [0.3, 0.4) is 0 Å². The molecule has 0 saturated heterocycles. The first-order chi connectivity index (χ1) is 27.8. The van der Waals surface area contributed by atoms with Crippen LogP contribution in [0.4, 0.5) is 17.1 Å². The molecule has 0 spiro atoms. The van der Waals surface area contributed by atoms with Crippen LogP contribution >= 0.6 is 0 Å².